The Bertz CT molecular complexity index is 210. The summed E-state index contributed by atoms with van der Waals surface area (Å²) < 4.78 is 0. The largest absolute Gasteiger partial charge is 0.391 e. The molecule has 0 spiro atoms. The van der Waals surface area contributed by atoms with Crippen LogP contribution in [0.3, 0.4) is 0 Å². The van der Waals surface area contributed by atoms with Crippen LogP contribution in [0, 0.1) is 5.92 Å². The van der Waals surface area contributed by atoms with E-state index in [-0.39, 0.29) is 18.1 Å². The molecule has 4 nitrogen and oxygen atoms in total. The van der Waals surface area contributed by atoms with Crippen LogP contribution in [0.15, 0.2) is 0 Å². The summed E-state index contributed by atoms with van der Waals surface area (Å²) in [6, 6.07) is -0.0265. The summed E-state index contributed by atoms with van der Waals surface area (Å²) in [7, 11) is 0. The van der Waals surface area contributed by atoms with E-state index in [1.54, 1.807) is 0 Å². The lowest BCUT2D eigenvalue weighted by atomic mass is 10.2. The summed E-state index contributed by atoms with van der Waals surface area (Å²) in [5.74, 6) is 0.481. The van der Waals surface area contributed by atoms with E-state index in [4.69, 9.17) is 0 Å². The van der Waals surface area contributed by atoms with Crippen molar-refractivity contribution in [3.63, 3.8) is 0 Å². The molecule has 0 aromatic heterocycles. The Labute approximate surface area is 84.1 Å². The van der Waals surface area contributed by atoms with Gasteiger partial charge in [0, 0.05) is 6.54 Å². The Morgan fingerprint density at radius 3 is 2.86 bits per heavy atom. The highest BCUT2D eigenvalue weighted by Gasteiger charge is 2.30. The molecule has 80 valence electrons. The van der Waals surface area contributed by atoms with Gasteiger partial charge in [0.1, 0.15) is 0 Å². The fraction of sp³-hybridized carbons (Fsp3) is 0.900. The van der Waals surface area contributed by atoms with Crippen molar-refractivity contribution in [3.05, 3.63) is 0 Å². The molecule has 4 heteroatoms. The number of aliphatic hydroxyl groups is 1. The molecule has 0 bridgehead atoms. The number of hydrogen-bond donors (Lipinski definition) is 3. The van der Waals surface area contributed by atoms with Crippen molar-refractivity contribution in [2.45, 2.75) is 37.8 Å². The standard InChI is InChI=1S/C10H18N2O2/c13-9(7-3-4-7)6-12-10(14)8-2-1-5-11-8/h7-9,11,13H,1-6H2,(H,12,14)/t8-,9?/m1/s1. The highest BCUT2D eigenvalue weighted by Crippen LogP contribution is 2.32. The van der Waals surface area contributed by atoms with Gasteiger partial charge in [-0.05, 0) is 38.1 Å². The van der Waals surface area contributed by atoms with Crippen molar-refractivity contribution >= 4 is 5.91 Å². The minimum atomic E-state index is -0.333. The van der Waals surface area contributed by atoms with E-state index in [0.29, 0.717) is 12.5 Å². The summed E-state index contributed by atoms with van der Waals surface area (Å²) in [5, 5.41) is 15.5. The van der Waals surface area contributed by atoms with Crippen LogP contribution in [0.2, 0.25) is 0 Å². The third-order valence-corrected chi connectivity index (χ3v) is 3.03. The highest BCUT2D eigenvalue weighted by molar-refractivity contribution is 5.82. The summed E-state index contributed by atoms with van der Waals surface area (Å²) >= 11 is 0. The summed E-state index contributed by atoms with van der Waals surface area (Å²) in [6.07, 6.45) is 3.88. The van der Waals surface area contributed by atoms with Gasteiger partial charge in [-0.1, -0.05) is 0 Å². The van der Waals surface area contributed by atoms with E-state index in [1.165, 1.54) is 0 Å². The molecular weight excluding hydrogens is 180 g/mol. The van der Waals surface area contributed by atoms with E-state index in [1.807, 2.05) is 0 Å². The second-order valence-electron chi connectivity index (χ2n) is 4.30. The highest BCUT2D eigenvalue weighted by atomic mass is 16.3. The normalized spacial score (nSPS) is 28.8. The fourth-order valence-corrected chi connectivity index (χ4v) is 1.88. The molecule has 3 N–H and O–H groups in total. The fourth-order valence-electron chi connectivity index (χ4n) is 1.88. The van der Waals surface area contributed by atoms with Gasteiger partial charge in [-0.3, -0.25) is 4.79 Å². The Kier molecular flexibility index (Phi) is 3.03. The first-order valence-electron chi connectivity index (χ1n) is 5.46. The molecule has 1 saturated carbocycles. The van der Waals surface area contributed by atoms with Gasteiger partial charge in [-0.2, -0.15) is 0 Å². The third kappa shape index (κ3) is 2.45. The van der Waals surface area contributed by atoms with Crippen molar-refractivity contribution in [1.29, 1.82) is 0 Å². The third-order valence-electron chi connectivity index (χ3n) is 3.03. The maximum atomic E-state index is 11.5. The topological polar surface area (TPSA) is 61.4 Å². The summed E-state index contributed by atoms with van der Waals surface area (Å²) in [6.45, 7) is 1.35. The molecule has 2 fully saturated rings. The van der Waals surface area contributed by atoms with E-state index >= 15 is 0 Å². The van der Waals surface area contributed by atoms with Gasteiger partial charge in [0.25, 0.3) is 0 Å². The predicted octanol–water partition coefficient (Wildman–Crippen LogP) is -0.375. The van der Waals surface area contributed by atoms with Crippen LogP contribution in [0.25, 0.3) is 0 Å². The second kappa shape index (κ2) is 4.28. The number of aliphatic hydroxyl groups excluding tert-OH is 1. The molecule has 2 rings (SSSR count). The minimum Gasteiger partial charge on any atom is -0.391 e. The molecule has 2 aliphatic rings. The van der Waals surface area contributed by atoms with Gasteiger partial charge in [-0.25, -0.2) is 0 Å². The van der Waals surface area contributed by atoms with Gasteiger partial charge in [0.15, 0.2) is 0 Å². The zero-order valence-corrected chi connectivity index (χ0v) is 8.33. The van der Waals surface area contributed by atoms with Crippen molar-refractivity contribution in [1.82, 2.24) is 10.6 Å². The zero-order chi connectivity index (χ0) is 9.97. The van der Waals surface area contributed by atoms with E-state index in [9.17, 15) is 9.90 Å². The SMILES string of the molecule is O=C(NCC(O)C1CC1)[C@H]1CCCN1. The van der Waals surface area contributed by atoms with Gasteiger partial charge >= 0.3 is 0 Å². The first kappa shape index (κ1) is 9.93. The molecule has 14 heavy (non-hydrogen) atoms. The number of carbonyl (C=O) groups excluding carboxylic acids is 1. The Morgan fingerprint density at radius 1 is 1.50 bits per heavy atom. The molecule has 1 saturated heterocycles. The maximum absolute atomic E-state index is 11.5. The zero-order valence-electron chi connectivity index (χ0n) is 8.33. The van der Waals surface area contributed by atoms with Crippen molar-refractivity contribution in [2.75, 3.05) is 13.1 Å². The number of carbonyl (C=O) groups is 1. The lowest BCUT2D eigenvalue weighted by molar-refractivity contribution is -0.123. The smallest absolute Gasteiger partial charge is 0.237 e. The van der Waals surface area contributed by atoms with E-state index < -0.39 is 0 Å². The average molecular weight is 198 g/mol. The lowest BCUT2D eigenvalue weighted by Crippen LogP contribution is -2.43. The quantitative estimate of drug-likeness (QED) is 0.577. The molecule has 0 radical (unpaired) electrons. The lowest BCUT2D eigenvalue weighted by Gasteiger charge is -2.14. The van der Waals surface area contributed by atoms with Gasteiger partial charge in [-0.15, -0.1) is 0 Å². The molecule has 1 unspecified atom stereocenters. The van der Waals surface area contributed by atoms with Crippen LogP contribution in [0.4, 0.5) is 0 Å². The molecule has 1 heterocycles. The average Bonchev–Trinajstić information content (AvgIpc) is 2.90. The predicted molar refractivity (Wildman–Crippen MR) is 52.8 cm³/mol. The molecule has 0 aromatic rings. The number of rotatable bonds is 4. The van der Waals surface area contributed by atoms with Crippen molar-refractivity contribution < 1.29 is 9.90 Å². The maximum Gasteiger partial charge on any atom is 0.237 e. The van der Waals surface area contributed by atoms with Crippen molar-refractivity contribution in [2.24, 2.45) is 5.92 Å². The minimum absolute atomic E-state index is 0.0265. The Hall–Kier alpha value is -0.610. The first-order valence-corrected chi connectivity index (χ1v) is 5.46. The van der Waals surface area contributed by atoms with Gasteiger partial charge < -0.3 is 15.7 Å². The summed E-state index contributed by atoms with van der Waals surface area (Å²) in [5.41, 5.74) is 0. The van der Waals surface area contributed by atoms with E-state index in [0.717, 1.165) is 32.2 Å². The summed E-state index contributed by atoms with van der Waals surface area (Å²) in [4.78, 5) is 11.5. The Morgan fingerprint density at radius 2 is 2.29 bits per heavy atom. The molecule has 1 aliphatic heterocycles. The van der Waals surface area contributed by atoms with Gasteiger partial charge in [0.05, 0.1) is 12.1 Å². The van der Waals surface area contributed by atoms with Crippen LogP contribution in [0.1, 0.15) is 25.7 Å². The van der Waals surface area contributed by atoms with Crippen LogP contribution in [-0.2, 0) is 4.79 Å². The molecule has 2 atom stereocenters. The number of nitrogens with one attached hydrogen (secondary N) is 2. The molecular formula is C10H18N2O2. The van der Waals surface area contributed by atoms with Gasteiger partial charge in [0.2, 0.25) is 5.91 Å². The Balaban J connectivity index is 1.66. The van der Waals surface area contributed by atoms with Crippen LogP contribution >= 0.6 is 0 Å². The first-order chi connectivity index (χ1) is 6.77. The molecule has 1 amide bonds. The number of hydrogen-bond acceptors (Lipinski definition) is 3. The van der Waals surface area contributed by atoms with Crippen LogP contribution in [-0.4, -0.2) is 36.2 Å². The van der Waals surface area contributed by atoms with E-state index in [2.05, 4.69) is 10.6 Å². The van der Waals surface area contributed by atoms with Crippen molar-refractivity contribution in [3.8, 4) is 0 Å². The second-order valence-corrected chi connectivity index (χ2v) is 4.30. The van der Waals surface area contributed by atoms with Crippen LogP contribution in [0.5, 0.6) is 0 Å². The molecule has 0 aromatic carbocycles. The molecule has 1 aliphatic carbocycles. The van der Waals surface area contributed by atoms with Crippen LogP contribution < -0.4 is 10.6 Å². The number of amides is 1. The monoisotopic (exact) mass is 198 g/mol.